The molecular weight excluding hydrogens is 258 g/mol. The maximum absolute atomic E-state index is 5.68. The van der Waals surface area contributed by atoms with Gasteiger partial charge in [-0.25, -0.2) is 0 Å². The molecule has 1 aromatic heterocycles. The Kier molecular flexibility index (Phi) is 5.15. The summed E-state index contributed by atoms with van der Waals surface area (Å²) in [7, 11) is 2.04. The van der Waals surface area contributed by atoms with Crippen molar-refractivity contribution in [3.05, 3.63) is 36.2 Å². The zero-order valence-corrected chi connectivity index (χ0v) is 12.2. The number of rotatable bonds is 6. The van der Waals surface area contributed by atoms with E-state index in [1.165, 1.54) is 11.7 Å². The molecule has 0 N–H and O–H groups in total. The second kappa shape index (κ2) is 7.09. The van der Waals surface area contributed by atoms with Gasteiger partial charge < -0.3 is 9.64 Å². The maximum atomic E-state index is 5.68. The summed E-state index contributed by atoms with van der Waals surface area (Å²) in [6.45, 7) is 3.55. The molecule has 0 radical (unpaired) electrons. The smallest absolute Gasteiger partial charge is 0.254 e. The van der Waals surface area contributed by atoms with Gasteiger partial charge in [-0.15, -0.1) is 4.37 Å². The number of hydrogen-bond donors (Lipinski definition) is 0. The fourth-order valence-electron chi connectivity index (χ4n) is 1.78. The Hall–Kier alpha value is -1.62. The van der Waals surface area contributed by atoms with E-state index in [1.54, 1.807) is 0 Å². The molecule has 0 spiro atoms. The highest BCUT2D eigenvalue weighted by Crippen LogP contribution is 2.26. The van der Waals surface area contributed by atoms with Crippen LogP contribution in [-0.4, -0.2) is 33.8 Å². The van der Waals surface area contributed by atoms with E-state index >= 15 is 0 Å². The molecule has 1 aliphatic heterocycles. The van der Waals surface area contributed by atoms with Crippen LogP contribution in [0.25, 0.3) is 5.57 Å². The second-order valence-corrected chi connectivity index (χ2v) is 4.97. The maximum Gasteiger partial charge on any atom is 0.254 e. The molecule has 1 aliphatic rings. The molecule has 4 nitrogen and oxygen atoms in total. The first-order chi connectivity index (χ1) is 9.31. The summed E-state index contributed by atoms with van der Waals surface area (Å²) < 4.78 is 14.2. The van der Waals surface area contributed by atoms with Crippen molar-refractivity contribution < 1.29 is 4.74 Å². The van der Waals surface area contributed by atoms with Crippen molar-refractivity contribution in [1.29, 1.82) is 0 Å². The van der Waals surface area contributed by atoms with Gasteiger partial charge in [-0.2, -0.15) is 4.37 Å². The molecule has 102 valence electrons. The van der Waals surface area contributed by atoms with Crippen molar-refractivity contribution in [2.45, 2.75) is 19.8 Å². The fourth-order valence-corrected chi connectivity index (χ4v) is 2.32. The highest BCUT2D eigenvalue weighted by atomic mass is 32.1. The summed E-state index contributed by atoms with van der Waals surface area (Å²) in [5.74, 6) is 0.640. The molecule has 0 bridgehead atoms. The van der Waals surface area contributed by atoms with Crippen LogP contribution < -0.4 is 4.74 Å². The Morgan fingerprint density at radius 1 is 1.42 bits per heavy atom. The van der Waals surface area contributed by atoms with Crippen LogP contribution in [0, 0.1) is 0 Å². The lowest BCUT2D eigenvalue weighted by molar-refractivity contribution is 0.349. The van der Waals surface area contributed by atoms with Gasteiger partial charge in [0.25, 0.3) is 5.88 Å². The third-order valence-electron chi connectivity index (χ3n) is 2.76. The Bertz CT molecular complexity index is 491. The molecule has 0 atom stereocenters. The average molecular weight is 277 g/mol. The van der Waals surface area contributed by atoms with Crippen molar-refractivity contribution in [3.63, 3.8) is 0 Å². The van der Waals surface area contributed by atoms with E-state index in [1.807, 2.05) is 25.4 Å². The van der Waals surface area contributed by atoms with E-state index in [2.05, 4.69) is 32.7 Å². The highest BCUT2D eigenvalue weighted by molar-refractivity contribution is 6.99. The van der Waals surface area contributed by atoms with E-state index < -0.39 is 0 Å². The third kappa shape index (κ3) is 3.92. The first-order valence-corrected chi connectivity index (χ1v) is 7.22. The summed E-state index contributed by atoms with van der Waals surface area (Å²) in [6.07, 6.45) is 12.5. The van der Waals surface area contributed by atoms with Crippen molar-refractivity contribution in [2.75, 3.05) is 20.2 Å². The van der Waals surface area contributed by atoms with Gasteiger partial charge in [-0.1, -0.05) is 31.6 Å². The average Bonchev–Trinajstić information content (AvgIpc) is 2.87. The molecule has 0 saturated carbocycles. The Labute approximate surface area is 118 Å². The molecule has 5 heteroatoms. The van der Waals surface area contributed by atoms with Gasteiger partial charge in [0.1, 0.15) is 12.3 Å². The zero-order valence-electron chi connectivity index (χ0n) is 11.4. The Morgan fingerprint density at radius 3 is 3.11 bits per heavy atom. The van der Waals surface area contributed by atoms with Gasteiger partial charge in [-0.3, -0.25) is 0 Å². The van der Waals surface area contributed by atoms with Crippen LogP contribution in [-0.2, 0) is 0 Å². The predicted molar refractivity (Wildman–Crippen MR) is 79.2 cm³/mol. The number of nitrogens with zero attached hydrogens (tertiary/aromatic N) is 3. The number of ether oxygens (including phenoxy) is 1. The molecule has 0 amide bonds. The largest absolute Gasteiger partial charge is 0.471 e. The minimum atomic E-state index is 0.553. The van der Waals surface area contributed by atoms with E-state index in [0.29, 0.717) is 12.5 Å². The lowest BCUT2D eigenvalue weighted by Gasteiger charge is -2.18. The van der Waals surface area contributed by atoms with Crippen LogP contribution in [0.2, 0.25) is 0 Å². The number of allylic oxidation sites excluding steroid dienone is 3. The molecule has 0 saturated heterocycles. The Morgan fingerprint density at radius 2 is 2.32 bits per heavy atom. The third-order valence-corrected chi connectivity index (χ3v) is 3.27. The van der Waals surface area contributed by atoms with Gasteiger partial charge in [-0.05, 0) is 18.7 Å². The van der Waals surface area contributed by atoms with Gasteiger partial charge >= 0.3 is 0 Å². The summed E-state index contributed by atoms with van der Waals surface area (Å²) in [5.41, 5.74) is 2.01. The molecule has 0 unspecified atom stereocenters. The first kappa shape index (κ1) is 13.8. The predicted octanol–water partition coefficient (Wildman–Crippen LogP) is 3.12. The molecule has 0 fully saturated rings. The molecule has 0 aromatic carbocycles. The van der Waals surface area contributed by atoms with Crippen LogP contribution in [0.5, 0.6) is 5.88 Å². The number of likely N-dealkylation sites (N-methyl/N-ethyl adjacent to an activating group) is 1. The number of aromatic nitrogens is 2. The van der Waals surface area contributed by atoms with Gasteiger partial charge in [0.15, 0.2) is 0 Å². The zero-order chi connectivity index (χ0) is 13.5. The van der Waals surface area contributed by atoms with Crippen LogP contribution in [0.4, 0.5) is 0 Å². The molecule has 1 aromatic rings. The standard InChI is InChI=1S/C14H19N3OS/c1-3-4-5-6-10-18-14-13(15-19-16-14)12-8-7-9-17(2)11-12/h5-9H,3-4,10-11H2,1-2H3/b6-5-. The minimum absolute atomic E-state index is 0.553. The van der Waals surface area contributed by atoms with Crippen molar-refractivity contribution >= 4 is 17.3 Å². The molecular formula is C14H19N3OS. The molecule has 19 heavy (non-hydrogen) atoms. The fraction of sp³-hybridized carbons (Fsp3) is 0.429. The Balaban J connectivity index is 1.98. The highest BCUT2D eigenvalue weighted by Gasteiger charge is 2.16. The van der Waals surface area contributed by atoms with Gasteiger partial charge in [0, 0.05) is 19.2 Å². The summed E-state index contributed by atoms with van der Waals surface area (Å²) >= 11 is 1.20. The van der Waals surface area contributed by atoms with Crippen molar-refractivity contribution in [3.8, 4) is 5.88 Å². The number of unbranched alkanes of at least 4 members (excludes halogenated alkanes) is 1. The molecule has 2 heterocycles. The lowest BCUT2D eigenvalue weighted by atomic mass is 10.1. The van der Waals surface area contributed by atoms with Crippen LogP contribution >= 0.6 is 11.7 Å². The number of hydrogen-bond acceptors (Lipinski definition) is 5. The van der Waals surface area contributed by atoms with Gasteiger partial charge in [0.2, 0.25) is 0 Å². The van der Waals surface area contributed by atoms with E-state index in [4.69, 9.17) is 4.74 Å². The van der Waals surface area contributed by atoms with Crippen molar-refractivity contribution in [2.24, 2.45) is 0 Å². The summed E-state index contributed by atoms with van der Waals surface area (Å²) in [6, 6.07) is 0. The second-order valence-electron chi connectivity index (χ2n) is 4.44. The van der Waals surface area contributed by atoms with Gasteiger partial charge in [0.05, 0.1) is 11.7 Å². The van der Waals surface area contributed by atoms with Crippen LogP contribution in [0.1, 0.15) is 25.5 Å². The van der Waals surface area contributed by atoms with E-state index in [0.717, 1.165) is 30.7 Å². The SMILES string of the molecule is CCC/C=C\COc1nsnc1C1=CC=CN(C)C1. The minimum Gasteiger partial charge on any atom is -0.471 e. The van der Waals surface area contributed by atoms with E-state index in [-0.39, 0.29) is 0 Å². The van der Waals surface area contributed by atoms with Crippen LogP contribution in [0.15, 0.2) is 30.5 Å². The molecule has 2 rings (SSSR count). The summed E-state index contributed by atoms with van der Waals surface area (Å²) in [4.78, 5) is 2.11. The quantitative estimate of drug-likeness (QED) is 0.749. The normalized spacial score (nSPS) is 15.1. The molecule has 0 aliphatic carbocycles. The van der Waals surface area contributed by atoms with Crippen LogP contribution in [0.3, 0.4) is 0 Å². The topological polar surface area (TPSA) is 38.3 Å². The van der Waals surface area contributed by atoms with Crippen molar-refractivity contribution in [1.82, 2.24) is 13.6 Å². The first-order valence-electron chi connectivity index (χ1n) is 6.49. The summed E-state index contributed by atoms with van der Waals surface area (Å²) in [5, 5.41) is 0. The van der Waals surface area contributed by atoms with E-state index in [9.17, 15) is 0 Å². The lowest BCUT2D eigenvalue weighted by Crippen LogP contribution is -2.16. The monoisotopic (exact) mass is 277 g/mol.